The highest BCUT2D eigenvalue weighted by Crippen LogP contribution is 2.24. The van der Waals surface area contributed by atoms with Gasteiger partial charge in [0.25, 0.3) is 0 Å². The molecule has 0 saturated carbocycles. The molecule has 0 aromatic carbocycles. The van der Waals surface area contributed by atoms with Crippen LogP contribution >= 0.6 is 27.3 Å². The fourth-order valence-corrected chi connectivity index (χ4v) is 2.16. The molecule has 0 amide bonds. The number of methoxy groups -OCH3 is 1. The van der Waals surface area contributed by atoms with Crippen LogP contribution in [0.15, 0.2) is 21.5 Å². The van der Waals surface area contributed by atoms with Crippen LogP contribution in [0, 0.1) is 11.3 Å². The van der Waals surface area contributed by atoms with E-state index in [1.165, 1.54) is 24.5 Å². The van der Waals surface area contributed by atoms with Crippen LogP contribution in [0.25, 0.3) is 6.08 Å². The van der Waals surface area contributed by atoms with Crippen molar-refractivity contribution < 1.29 is 9.53 Å². The average molecular weight is 272 g/mol. The number of carbonyl (C=O) groups excluding carboxylic acids is 1. The molecule has 0 bridgehead atoms. The monoisotopic (exact) mass is 271 g/mol. The summed E-state index contributed by atoms with van der Waals surface area (Å²) in [7, 11) is 1.25. The zero-order valence-electron chi connectivity index (χ0n) is 7.28. The lowest BCUT2D eigenvalue weighted by Crippen LogP contribution is -2.02. The molecule has 0 aliphatic carbocycles. The number of esters is 1. The van der Waals surface area contributed by atoms with Crippen molar-refractivity contribution in [2.24, 2.45) is 0 Å². The maximum Gasteiger partial charge on any atom is 0.348 e. The minimum Gasteiger partial charge on any atom is -0.465 e. The third kappa shape index (κ3) is 2.69. The summed E-state index contributed by atoms with van der Waals surface area (Å²) in [4.78, 5) is 11.9. The molecular weight excluding hydrogens is 266 g/mol. The summed E-state index contributed by atoms with van der Waals surface area (Å²) in [5.41, 5.74) is 0.00171. The maximum absolute atomic E-state index is 11.0. The highest BCUT2D eigenvalue weighted by Gasteiger charge is 2.08. The van der Waals surface area contributed by atoms with Gasteiger partial charge in [0.15, 0.2) is 0 Å². The first-order valence-corrected chi connectivity index (χ1v) is 5.23. The second-order valence-electron chi connectivity index (χ2n) is 2.30. The lowest BCUT2D eigenvalue weighted by atomic mass is 10.2. The normalized spacial score (nSPS) is 10.8. The number of rotatable bonds is 2. The molecule has 0 atom stereocenters. The van der Waals surface area contributed by atoms with E-state index in [9.17, 15) is 4.79 Å². The second-order valence-corrected chi connectivity index (χ2v) is 4.80. The Morgan fingerprint density at radius 3 is 2.86 bits per heavy atom. The van der Waals surface area contributed by atoms with Crippen LogP contribution in [-0.4, -0.2) is 13.1 Å². The van der Waals surface area contributed by atoms with Crippen LogP contribution in [0.2, 0.25) is 0 Å². The summed E-state index contributed by atoms with van der Waals surface area (Å²) in [5.74, 6) is -0.614. The number of halogens is 1. The Morgan fingerprint density at radius 2 is 2.43 bits per heavy atom. The van der Waals surface area contributed by atoms with Gasteiger partial charge >= 0.3 is 5.97 Å². The van der Waals surface area contributed by atoms with Gasteiger partial charge in [-0.3, -0.25) is 0 Å². The number of thiophene rings is 1. The van der Waals surface area contributed by atoms with Gasteiger partial charge in [-0.15, -0.1) is 11.3 Å². The molecule has 1 aromatic heterocycles. The van der Waals surface area contributed by atoms with Gasteiger partial charge in [-0.2, -0.15) is 5.26 Å². The molecule has 1 aromatic rings. The minimum atomic E-state index is -0.614. The third-order valence-electron chi connectivity index (χ3n) is 1.41. The second kappa shape index (κ2) is 4.94. The van der Waals surface area contributed by atoms with E-state index in [2.05, 4.69) is 20.7 Å². The molecule has 3 nitrogen and oxygen atoms in total. The molecule has 0 N–H and O–H groups in total. The summed E-state index contributed by atoms with van der Waals surface area (Å²) in [6.45, 7) is 0. The minimum absolute atomic E-state index is 0.00171. The van der Waals surface area contributed by atoms with Crippen molar-refractivity contribution in [2.45, 2.75) is 0 Å². The van der Waals surface area contributed by atoms with Gasteiger partial charge in [0.1, 0.15) is 11.6 Å². The van der Waals surface area contributed by atoms with Crippen molar-refractivity contribution in [3.05, 3.63) is 26.4 Å². The first-order chi connectivity index (χ1) is 6.67. The number of hydrogen-bond acceptors (Lipinski definition) is 4. The Kier molecular flexibility index (Phi) is 3.86. The Hall–Kier alpha value is -1.12. The van der Waals surface area contributed by atoms with Crippen molar-refractivity contribution >= 4 is 39.3 Å². The summed E-state index contributed by atoms with van der Waals surface area (Å²) in [6.07, 6.45) is 1.50. The van der Waals surface area contributed by atoms with Gasteiger partial charge in [-0.1, -0.05) is 0 Å². The van der Waals surface area contributed by atoms with Crippen LogP contribution < -0.4 is 0 Å². The molecule has 0 radical (unpaired) electrons. The first kappa shape index (κ1) is 11.0. The largest absolute Gasteiger partial charge is 0.465 e. The molecule has 0 fully saturated rings. The number of nitrogens with zero attached hydrogens (tertiary/aromatic N) is 1. The van der Waals surface area contributed by atoms with Gasteiger partial charge in [0, 0.05) is 4.88 Å². The molecule has 0 aliphatic rings. The maximum atomic E-state index is 11.0. The molecular formula is C9H6BrNO2S. The van der Waals surface area contributed by atoms with E-state index in [1.54, 1.807) is 6.07 Å². The third-order valence-corrected chi connectivity index (χ3v) is 2.98. The molecule has 5 heteroatoms. The lowest BCUT2D eigenvalue weighted by molar-refractivity contribution is -0.135. The van der Waals surface area contributed by atoms with Crippen molar-refractivity contribution in [1.82, 2.24) is 0 Å². The number of hydrogen-bond donors (Lipinski definition) is 0. The van der Waals surface area contributed by atoms with Gasteiger partial charge in [0.2, 0.25) is 0 Å². The van der Waals surface area contributed by atoms with Crippen LogP contribution in [0.4, 0.5) is 0 Å². The zero-order chi connectivity index (χ0) is 10.6. The standard InChI is InChI=1S/C9H6BrNO2S/c1-13-9(12)6(5-11)4-7-2-3-8(10)14-7/h2-4H,1H3. The molecule has 0 spiro atoms. The van der Waals surface area contributed by atoms with Gasteiger partial charge in [-0.25, -0.2) is 4.79 Å². The fraction of sp³-hybridized carbons (Fsp3) is 0.111. The predicted molar refractivity (Wildman–Crippen MR) is 57.6 cm³/mol. The fourth-order valence-electron chi connectivity index (χ4n) is 0.795. The average Bonchev–Trinajstić information content (AvgIpc) is 2.59. The summed E-state index contributed by atoms with van der Waals surface area (Å²) in [6, 6.07) is 5.45. The van der Waals surface area contributed by atoms with E-state index in [0.29, 0.717) is 0 Å². The first-order valence-electron chi connectivity index (χ1n) is 3.63. The number of carbonyl (C=O) groups is 1. The lowest BCUT2D eigenvalue weighted by Gasteiger charge is -1.93. The number of nitriles is 1. The van der Waals surface area contributed by atoms with Crippen LogP contribution in [-0.2, 0) is 9.53 Å². The molecule has 1 rings (SSSR count). The molecule has 0 saturated heterocycles. The predicted octanol–water partition coefficient (Wildman–Crippen LogP) is 2.59. The number of ether oxygens (including phenoxy) is 1. The van der Waals surface area contributed by atoms with E-state index < -0.39 is 5.97 Å². The van der Waals surface area contributed by atoms with Crippen LogP contribution in [0.5, 0.6) is 0 Å². The van der Waals surface area contributed by atoms with Gasteiger partial charge < -0.3 is 4.74 Å². The molecule has 72 valence electrons. The van der Waals surface area contributed by atoms with Gasteiger partial charge in [0.05, 0.1) is 10.9 Å². The van der Waals surface area contributed by atoms with Crippen molar-refractivity contribution in [1.29, 1.82) is 5.26 Å². The topological polar surface area (TPSA) is 50.1 Å². The molecule has 0 aliphatic heterocycles. The van der Waals surface area contributed by atoms with E-state index in [1.807, 2.05) is 12.1 Å². The molecule has 1 heterocycles. The highest BCUT2D eigenvalue weighted by atomic mass is 79.9. The summed E-state index contributed by atoms with van der Waals surface area (Å²) < 4.78 is 5.40. The van der Waals surface area contributed by atoms with E-state index >= 15 is 0 Å². The quantitative estimate of drug-likeness (QED) is 0.472. The van der Waals surface area contributed by atoms with E-state index in [-0.39, 0.29) is 5.57 Å². The smallest absolute Gasteiger partial charge is 0.348 e. The van der Waals surface area contributed by atoms with Gasteiger partial charge in [-0.05, 0) is 34.1 Å². The van der Waals surface area contributed by atoms with Crippen molar-refractivity contribution in [2.75, 3.05) is 7.11 Å². The Balaban J connectivity index is 2.96. The Morgan fingerprint density at radius 1 is 1.71 bits per heavy atom. The van der Waals surface area contributed by atoms with Crippen molar-refractivity contribution in [3.8, 4) is 6.07 Å². The van der Waals surface area contributed by atoms with Crippen LogP contribution in [0.1, 0.15) is 4.88 Å². The van der Waals surface area contributed by atoms with E-state index in [4.69, 9.17) is 5.26 Å². The summed E-state index contributed by atoms with van der Waals surface area (Å²) >= 11 is 4.73. The highest BCUT2D eigenvalue weighted by molar-refractivity contribution is 9.11. The Bertz CT molecular complexity index is 417. The summed E-state index contributed by atoms with van der Waals surface area (Å²) in [5, 5.41) is 8.67. The Labute approximate surface area is 93.7 Å². The molecule has 14 heavy (non-hydrogen) atoms. The van der Waals surface area contributed by atoms with Crippen molar-refractivity contribution in [3.63, 3.8) is 0 Å². The molecule has 0 unspecified atom stereocenters. The van der Waals surface area contributed by atoms with Crippen LogP contribution in [0.3, 0.4) is 0 Å². The SMILES string of the molecule is COC(=O)C(C#N)=Cc1ccc(Br)s1. The zero-order valence-corrected chi connectivity index (χ0v) is 9.68. The van der Waals surface area contributed by atoms with E-state index in [0.717, 1.165) is 8.66 Å².